The molecule has 0 aromatic carbocycles. The van der Waals surface area contributed by atoms with Crippen LogP contribution in [0.15, 0.2) is 18.3 Å². The van der Waals surface area contributed by atoms with Gasteiger partial charge in [0.25, 0.3) is 0 Å². The molecule has 22 heavy (non-hydrogen) atoms. The fraction of sp³-hybridized carbons (Fsp3) is 0.562. The van der Waals surface area contributed by atoms with Gasteiger partial charge in [-0.05, 0) is 39.3 Å². The minimum atomic E-state index is -0.918. The van der Waals surface area contributed by atoms with Gasteiger partial charge in [0.05, 0.1) is 5.92 Å². The van der Waals surface area contributed by atoms with Crippen molar-refractivity contribution in [1.29, 1.82) is 0 Å². The molecule has 6 heteroatoms. The first kappa shape index (κ1) is 16.3. The number of carbonyl (C=O) groups is 2. The second-order valence-corrected chi connectivity index (χ2v) is 6.70. The Morgan fingerprint density at radius 3 is 2.50 bits per heavy atom. The molecule has 2 unspecified atom stereocenters. The smallest absolute Gasteiger partial charge is 0.410 e. The summed E-state index contributed by atoms with van der Waals surface area (Å²) in [5, 5.41) is 9.43. The monoisotopic (exact) mass is 306 g/mol. The highest BCUT2D eigenvalue weighted by molar-refractivity contribution is 5.75. The van der Waals surface area contributed by atoms with Crippen molar-refractivity contribution in [2.24, 2.45) is 5.92 Å². The first-order valence-corrected chi connectivity index (χ1v) is 7.30. The maximum Gasteiger partial charge on any atom is 0.410 e. The summed E-state index contributed by atoms with van der Waals surface area (Å²) in [6.07, 6.45) is 1.23. The van der Waals surface area contributed by atoms with E-state index >= 15 is 0 Å². The summed E-state index contributed by atoms with van der Waals surface area (Å²) >= 11 is 0. The molecule has 1 aliphatic heterocycles. The number of likely N-dealkylation sites (tertiary alicyclic amines) is 1. The number of carboxylic acids is 1. The van der Waals surface area contributed by atoms with Crippen LogP contribution in [-0.2, 0) is 9.53 Å². The van der Waals surface area contributed by atoms with E-state index in [1.807, 2.05) is 19.1 Å². The Kier molecular flexibility index (Phi) is 4.39. The predicted molar refractivity (Wildman–Crippen MR) is 80.6 cm³/mol. The lowest BCUT2D eigenvalue weighted by molar-refractivity contribution is -0.141. The minimum absolute atomic E-state index is 0.143. The van der Waals surface area contributed by atoms with Crippen molar-refractivity contribution >= 4 is 12.1 Å². The van der Waals surface area contributed by atoms with E-state index in [4.69, 9.17) is 4.74 Å². The number of aryl methyl sites for hydroxylation is 1. The van der Waals surface area contributed by atoms with Crippen molar-refractivity contribution in [3.8, 4) is 0 Å². The molecule has 0 radical (unpaired) electrons. The predicted octanol–water partition coefficient (Wildman–Crippen LogP) is 2.43. The highest BCUT2D eigenvalue weighted by Crippen LogP contribution is 2.32. The zero-order chi connectivity index (χ0) is 16.5. The lowest BCUT2D eigenvalue weighted by Gasteiger charge is -2.24. The van der Waals surface area contributed by atoms with Gasteiger partial charge in [-0.15, -0.1) is 0 Å². The Hall–Kier alpha value is -2.11. The maximum atomic E-state index is 12.2. The molecule has 120 valence electrons. The molecule has 1 fully saturated rings. The van der Waals surface area contributed by atoms with E-state index in [-0.39, 0.29) is 12.5 Å². The summed E-state index contributed by atoms with van der Waals surface area (Å²) in [5.41, 5.74) is 1.11. The summed E-state index contributed by atoms with van der Waals surface area (Å²) in [6.45, 7) is 7.73. The molecule has 2 rings (SSSR count). The fourth-order valence-electron chi connectivity index (χ4n) is 2.53. The van der Waals surface area contributed by atoms with E-state index in [1.54, 1.807) is 27.0 Å². The van der Waals surface area contributed by atoms with Crippen molar-refractivity contribution < 1.29 is 19.4 Å². The van der Waals surface area contributed by atoms with Crippen LogP contribution in [0.4, 0.5) is 4.79 Å². The van der Waals surface area contributed by atoms with Gasteiger partial charge in [-0.1, -0.05) is 6.07 Å². The third-order valence-corrected chi connectivity index (χ3v) is 3.60. The molecule has 1 N–H and O–H groups in total. The molecular formula is C16H22N2O4. The van der Waals surface area contributed by atoms with Crippen LogP contribution < -0.4 is 0 Å². The zero-order valence-corrected chi connectivity index (χ0v) is 13.4. The quantitative estimate of drug-likeness (QED) is 0.907. The van der Waals surface area contributed by atoms with Gasteiger partial charge in [0, 0.05) is 30.9 Å². The normalized spacial score (nSPS) is 21.7. The van der Waals surface area contributed by atoms with Crippen LogP contribution in [0.2, 0.25) is 0 Å². The number of rotatable bonds is 2. The van der Waals surface area contributed by atoms with Gasteiger partial charge >= 0.3 is 12.1 Å². The molecule has 0 saturated carbocycles. The highest BCUT2D eigenvalue weighted by atomic mass is 16.6. The van der Waals surface area contributed by atoms with Crippen LogP contribution >= 0.6 is 0 Å². The van der Waals surface area contributed by atoms with Crippen LogP contribution in [-0.4, -0.2) is 45.7 Å². The number of hydrogen-bond acceptors (Lipinski definition) is 4. The van der Waals surface area contributed by atoms with Crippen molar-refractivity contribution in [3.05, 3.63) is 29.6 Å². The molecular weight excluding hydrogens is 284 g/mol. The molecule has 1 aliphatic rings. The van der Waals surface area contributed by atoms with Gasteiger partial charge in [0.2, 0.25) is 0 Å². The second kappa shape index (κ2) is 5.94. The summed E-state index contributed by atoms with van der Waals surface area (Å²) in [7, 11) is 0. The molecule has 2 heterocycles. The molecule has 2 atom stereocenters. The number of carboxylic acid groups (broad SMARTS) is 1. The average molecular weight is 306 g/mol. The fourth-order valence-corrected chi connectivity index (χ4v) is 2.53. The Bertz CT molecular complexity index is 563. The van der Waals surface area contributed by atoms with Crippen molar-refractivity contribution in [1.82, 2.24) is 9.88 Å². The van der Waals surface area contributed by atoms with Crippen LogP contribution in [0.5, 0.6) is 0 Å². The summed E-state index contributed by atoms with van der Waals surface area (Å²) in [6, 6.07) is 3.73. The van der Waals surface area contributed by atoms with E-state index in [2.05, 4.69) is 4.98 Å². The van der Waals surface area contributed by atoms with Gasteiger partial charge < -0.3 is 14.7 Å². The summed E-state index contributed by atoms with van der Waals surface area (Å²) in [5.74, 6) is -1.90. The number of aromatic nitrogens is 1. The van der Waals surface area contributed by atoms with Crippen molar-refractivity contribution in [2.75, 3.05) is 13.1 Å². The largest absolute Gasteiger partial charge is 0.481 e. The van der Waals surface area contributed by atoms with Crippen molar-refractivity contribution in [3.63, 3.8) is 0 Å². The van der Waals surface area contributed by atoms with Crippen LogP contribution in [0.3, 0.4) is 0 Å². The number of ether oxygens (including phenoxy) is 1. The number of carbonyl (C=O) groups excluding carboxylic acids is 1. The average Bonchev–Trinajstić information content (AvgIpc) is 2.83. The standard InChI is InChI=1S/C16H22N2O4/c1-10-5-6-13(17-7-10)11-8-18(9-12(11)14(19)20)15(21)22-16(2,3)4/h5-7,11-12H,8-9H2,1-4H3,(H,19,20). The van der Waals surface area contributed by atoms with Gasteiger partial charge in [-0.3, -0.25) is 9.78 Å². The Balaban J connectivity index is 2.18. The minimum Gasteiger partial charge on any atom is -0.481 e. The van der Waals surface area contributed by atoms with Crippen LogP contribution in [0, 0.1) is 12.8 Å². The molecule has 0 bridgehead atoms. The van der Waals surface area contributed by atoms with E-state index in [0.717, 1.165) is 5.56 Å². The Morgan fingerprint density at radius 1 is 1.32 bits per heavy atom. The van der Waals surface area contributed by atoms with Crippen LogP contribution in [0.1, 0.15) is 37.9 Å². The van der Waals surface area contributed by atoms with E-state index in [0.29, 0.717) is 12.2 Å². The first-order valence-electron chi connectivity index (χ1n) is 7.30. The number of hydrogen-bond donors (Lipinski definition) is 1. The van der Waals surface area contributed by atoms with Gasteiger partial charge in [0.1, 0.15) is 5.60 Å². The topological polar surface area (TPSA) is 79.7 Å². The summed E-state index contributed by atoms with van der Waals surface area (Å²) < 4.78 is 5.33. The lowest BCUT2D eigenvalue weighted by atomic mass is 9.92. The van der Waals surface area contributed by atoms with E-state index < -0.39 is 23.6 Å². The van der Waals surface area contributed by atoms with Crippen molar-refractivity contribution in [2.45, 2.75) is 39.2 Å². The van der Waals surface area contributed by atoms with Gasteiger partial charge in [-0.2, -0.15) is 0 Å². The Labute approximate surface area is 130 Å². The number of pyridine rings is 1. The number of nitrogens with zero attached hydrogens (tertiary/aromatic N) is 2. The molecule has 0 spiro atoms. The number of amides is 1. The third-order valence-electron chi connectivity index (χ3n) is 3.60. The second-order valence-electron chi connectivity index (χ2n) is 6.70. The first-order chi connectivity index (χ1) is 10.2. The summed E-state index contributed by atoms with van der Waals surface area (Å²) in [4.78, 5) is 29.4. The molecule has 1 amide bonds. The highest BCUT2D eigenvalue weighted by Gasteiger charge is 2.42. The molecule has 1 saturated heterocycles. The maximum absolute atomic E-state index is 12.2. The molecule has 1 aromatic heterocycles. The van der Waals surface area contributed by atoms with Gasteiger partial charge in [0.15, 0.2) is 0 Å². The molecule has 0 aliphatic carbocycles. The zero-order valence-electron chi connectivity index (χ0n) is 13.4. The number of aliphatic carboxylic acids is 1. The molecule has 6 nitrogen and oxygen atoms in total. The third kappa shape index (κ3) is 3.75. The lowest BCUT2D eigenvalue weighted by Crippen LogP contribution is -2.35. The van der Waals surface area contributed by atoms with Crippen LogP contribution in [0.25, 0.3) is 0 Å². The van der Waals surface area contributed by atoms with E-state index in [1.165, 1.54) is 4.90 Å². The Morgan fingerprint density at radius 2 is 2.00 bits per heavy atom. The van der Waals surface area contributed by atoms with Gasteiger partial charge in [-0.25, -0.2) is 4.79 Å². The SMILES string of the molecule is Cc1ccc(C2CN(C(=O)OC(C)(C)C)CC2C(=O)O)nc1. The molecule has 1 aromatic rings. The van der Waals surface area contributed by atoms with E-state index in [9.17, 15) is 14.7 Å².